The Balaban J connectivity index is 1.72. The summed E-state index contributed by atoms with van der Waals surface area (Å²) in [5, 5.41) is 0.330. The van der Waals surface area contributed by atoms with E-state index in [2.05, 4.69) is 15.9 Å². The molecule has 7 heteroatoms. The topological polar surface area (TPSA) is 55.8 Å². The van der Waals surface area contributed by atoms with E-state index in [1.807, 2.05) is 0 Å². The predicted octanol–water partition coefficient (Wildman–Crippen LogP) is 4.07. The van der Waals surface area contributed by atoms with Crippen LogP contribution in [0, 0.1) is 5.92 Å². The third-order valence-electron chi connectivity index (χ3n) is 3.93. The van der Waals surface area contributed by atoms with Crippen molar-refractivity contribution in [2.75, 3.05) is 18.6 Å². The number of carbonyl (C=O) groups excluding carboxylic acids is 2. The summed E-state index contributed by atoms with van der Waals surface area (Å²) in [6.45, 7) is 0.263. The maximum absolute atomic E-state index is 12.4. The van der Waals surface area contributed by atoms with E-state index in [-0.39, 0.29) is 24.6 Å². The van der Waals surface area contributed by atoms with E-state index < -0.39 is 11.9 Å². The third-order valence-corrected chi connectivity index (χ3v) is 4.72. The minimum absolute atomic E-state index is 0.101. The fraction of sp³-hybridized carbons (Fsp3) is 0.222. The summed E-state index contributed by atoms with van der Waals surface area (Å²) in [6, 6.07) is 12.2. The molecule has 0 saturated carbocycles. The number of benzene rings is 2. The van der Waals surface area contributed by atoms with E-state index >= 15 is 0 Å². The number of rotatable bonds is 4. The molecule has 25 heavy (non-hydrogen) atoms. The lowest BCUT2D eigenvalue weighted by Crippen LogP contribution is -2.27. The first-order valence-electron chi connectivity index (χ1n) is 7.59. The molecule has 0 spiro atoms. The quantitative estimate of drug-likeness (QED) is 0.548. The lowest BCUT2D eigenvalue weighted by atomic mass is 10.1. The molecule has 1 saturated heterocycles. The van der Waals surface area contributed by atoms with Crippen LogP contribution < -0.4 is 14.4 Å². The average Bonchev–Trinajstić information content (AvgIpc) is 2.99. The fourth-order valence-corrected chi connectivity index (χ4v) is 3.36. The number of halogens is 2. The minimum atomic E-state index is -0.543. The number of hydrogen-bond acceptors (Lipinski definition) is 4. The first-order chi connectivity index (χ1) is 12.0. The highest BCUT2D eigenvalue weighted by Crippen LogP contribution is 2.31. The first kappa shape index (κ1) is 17.8. The van der Waals surface area contributed by atoms with Crippen molar-refractivity contribution in [3.05, 3.63) is 52.0 Å². The van der Waals surface area contributed by atoms with Crippen LogP contribution in [0.15, 0.2) is 46.9 Å². The van der Waals surface area contributed by atoms with Crippen LogP contribution in [0.1, 0.15) is 6.42 Å². The summed E-state index contributed by atoms with van der Waals surface area (Å²) in [6.07, 6.45) is 0.101. The first-order valence-corrected chi connectivity index (χ1v) is 8.76. The smallest absolute Gasteiger partial charge is 0.316 e. The molecule has 1 heterocycles. The van der Waals surface area contributed by atoms with E-state index in [0.29, 0.717) is 16.5 Å². The van der Waals surface area contributed by atoms with Gasteiger partial charge in [0, 0.05) is 29.2 Å². The van der Waals surface area contributed by atoms with Crippen LogP contribution in [-0.4, -0.2) is 25.5 Å². The van der Waals surface area contributed by atoms with Gasteiger partial charge in [-0.1, -0.05) is 33.6 Å². The predicted molar refractivity (Wildman–Crippen MR) is 98.2 cm³/mol. The molecule has 0 aromatic heterocycles. The van der Waals surface area contributed by atoms with E-state index in [1.165, 1.54) is 0 Å². The van der Waals surface area contributed by atoms with Crippen LogP contribution in [0.4, 0.5) is 5.69 Å². The number of hydrogen-bond donors (Lipinski definition) is 0. The Morgan fingerprint density at radius 2 is 2.08 bits per heavy atom. The highest BCUT2D eigenvalue weighted by atomic mass is 79.9. The molecule has 5 nitrogen and oxygen atoms in total. The zero-order chi connectivity index (χ0) is 18.0. The average molecular weight is 425 g/mol. The number of amides is 1. The number of esters is 1. The summed E-state index contributed by atoms with van der Waals surface area (Å²) < 4.78 is 11.3. The highest BCUT2D eigenvalue weighted by Gasteiger charge is 2.36. The molecule has 3 rings (SSSR count). The minimum Gasteiger partial charge on any atom is -0.497 e. The van der Waals surface area contributed by atoms with E-state index in [4.69, 9.17) is 21.1 Å². The summed E-state index contributed by atoms with van der Waals surface area (Å²) in [5.74, 6) is -0.210. The molecule has 1 atom stereocenters. The van der Waals surface area contributed by atoms with Gasteiger partial charge in [-0.2, -0.15) is 0 Å². The molecule has 130 valence electrons. The van der Waals surface area contributed by atoms with Gasteiger partial charge in [0.2, 0.25) is 5.91 Å². The second kappa shape index (κ2) is 7.45. The number of nitrogens with zero attached hydrogens (tertiary/aromatic N) is 1. The molecule has 1 fully saturated rings. The van der Waals surface area contributed by atoms with Gasteiger partial charge >= 0.3 is 5.97 Å². The van der Waals surface area contributed by atoms with Crippen LogP contribution in [0.5, 0.6) is 11.5 Å². The zero-order valence-electron chi connectivity index (χ0n) is 13.4. The molecule has 2 aromatic rings. The third kappa shape index (κ3) is 3.96. The monoisotopic (exact) mass is 423 g/mol. The fourth-order valence-electron chi connectivity index (χ4n) is 2.64. The Kier molecular flexibility index (Phi) is 5.30. The lowest BCUT2D eigenvalue weighted by Gasteiger charge is -2.17. The normalized spacial score (nSPS) is 16.8. The van der Waals surface area contributed by atoms with Gasteiger partial charge in [-0.15, -0.1) is 0 Å². The highest BCUT2D eigenvalue weighted by molar-refractivity contribution is 9.10. The molecule has 0 radical (unpaired) electrons. The Morgan fingerprint density at radius 1 is 1.28 bits per heavy atom. The Morgan fingerprint density at radius 3 is 2.80 bits per heavy atom. The Labute approximate surface area is 158 Å². The van der Waals surface area contributed by atoms with E-state index in [9.17, 15) is 9.59 Å². The number of anilines is 1. The van der Waals surface area contributed by atoms with Crippen LogP contribution >= 0.6 is 27.5 Å². The van der Waals surface area contributed by atoms with Crippen LogP contribution in [0.2, 0.25) is 5.02 Å². The van der Waals surface area contributed by atoms with E-state index in [1.54, 1.807) is 54.5 Å². The van der Waals surface area contributed by atoms with Crippen molar-refractivity contribution in [3.63, 3.8) is 0 Å². The summed E-state index contributed by atoms with van der Waals surface area (Å²) >= 11 is 9.36. The zero-order valence-corrected chi connectivity index (χ0v) is 15.7. The van der Waals surface area contributed by atoms with Crippen molar-refractivity contribution in [1.82, 2.24) is 0 Å². The molecule has 0 N–H and O–H groups in total. The molecular weight excluding hydrogens is 410 g/mol. The SMILES string of the molecule is COc1cccc(N2CC(C(=O)Oc3ccc(Br)cc3Cl)CC2=O)c1. The maximum Gasteiger partial charge on any atom is 0.316 e. The molecule has 1 aliphatic heterocycles. The molecule has 1 unspecified atom stereocenters. The molecule has 0 aliphatic carbocycles. The van der Waals surface area contributed by atoms with Gasteiger partial charge in [0.05, 0.1) is 18.1 Å². The van der Waals surface area contributed by atoms with Gasteiger partial charge < -0.3 is 14.4 Å². The Bertz CT molecular complexity index is 826. The molecule has 0 bridgehead atoms. The molecular formula is C18H15BrClNO4. The summed E-state index contributed by atoms with van der Waals surface area (Å²) in [7, 11) is 1.56. The van der Waals surface area contributed by atoms with Crippen molar-refractivity contribution in [2.45, 2.75) is 6.42 Å². The number of carbonyl (C=O) groups is 2. The van der Waals surface area contributed by atoms with Gasteiger partial charge in [-0.05, 0) is 30.3 Å². The van der Waals surface area contributed by atoms with Crippen molar-refractivity contribution >= 4 is 45.1 Å². The standard InChI is InChI=1S/C18H15BrClNO4/c1-24-14-4-2-3-13(9-14)21-10-11(7-17(21)22)18(23)25-16-6-5-12(19)8-15(16)20/h2-6,8-9,11H,7,10H2,1H3. The molecule has 2 aromatic carbocycles. The number of ether oxygens (including phenoxy) is 2. The van der Waals surface area contributed by atoms with Gasteiger partial charge in [-0.25, -0.2) is 0 Å². The maximum atomic E-state index is 12.4. The molecule has 1 aliphatic rings. The van der Waals surface area contributed by atoms with Gasteiger partial charge in [0.15, 0.2) is 0 Å². The van der Waals surface area contributed by atoms with Crippen molar-refractivity contribution in [3.8, 4) is 11.5 Å². The van der Waals surface area contributed by atoms with Crippen molar-refractivity contribution in [1.29, 1.82) is 0 Å². The van der Waals surface area contributed by atoms with Crippen LogP contribution in [-0.2, 0) is 9.59 Å². The largest absolute Gasteiger partial charge is 0.497 e. The summed E-state index contributed by atoms with van der Waals surface area (Å²) in [4.78, 5) is 26.3. The van der Waals surface area contributed by atoms with Gasteiger partial charge in [0.25, 0.3) is 0 Å². The molecule has 1 amide bonds. The second-order valence-electron chi connectivity index (χ2n) is 5.60. The van der Waals surface area contributed by atoms with Crippen LogP contribution in [0.3, 0.4) is 0 Å². The summed E-state index contributed by atoms with van der Waals surface area (Å²) in [5.41, 5.74) is 0.696. The van der Waals surface area contributed by atoms with Crippen molar-refractivity contribution in [2.24, 2.45) is 5.92 Å². The Hall–Kier alpha value is -2.05. The van der Waals surface area contributed by atoms with E-state index in [0.717, 1.165) is 4.47 Å². The van der Waals surface area contributed by atoms with Crippen molar-refractivity contribution < 1.29 is 19.1 Å². The van der Waals surface area contributed by atoms with Gasteiger partial charge in [0.1, 0.15) is 11.5 Å². The number of methoxy groups -OCH3 is 1. The lowest BCUT2D eigenvalue weighted by molar-refractivity contribution is -0.139. The van der Waals surface area contributed by atoms with Crippen LogP contribution in [0.25, 0.3) is 0 Å². The van der Waals surface area contributed by atoms with Gasteiger partial charge in [-0.3, -0.25) is 9.59 Å². The second-order valence-corrected chi connectivity index (χ2v) is 6.93.